The van der Waals surface area contributed by atoms with Crippen molar-refractivity contribution < 1.29 is 19.8 Å². The Morgan fingerprint density at radius 2 is 1.90 bits per heavy atom. The van der Waals surface area contributed by atoms with Gasteiger partial charge in [-0.05, 0) is 45.4 Å². The van der Waals surface area contributed by atoms with E-state index < -0.39 is 23.3 Å². The molecule has 2 N–H and O–H groups in total. The maximum Gasteiger partial charge on any atom is 0.331 e. The van der Waals surface area contributed by atoms with E-state index >= 15 is 0 Å². The monoisotopic (exact) mass is 290 g/mol. The molecule has 4 heteroatoms. The molecule has 0 spiro atoms. The molecule has 0 aromatic carbocycles. The smallest absolute Gasteiger partial charge is 0.331 e. The molecule has 1 fully saturated rings. The molecule has 2 unspecified atom stereocenters. The topological polar surface area (TPSA) is 74.6 Å². The van der Waals surface area contributed by atoms with Crippen molar-refractivity contribution in [1.29, 1.82) is 0 Å². The largest absolute Gasteiger partial charge is 0.481 e. The molecule has 2 atom stereocenters. The van der Waals surface area contributed by atoms with Gasteiger partial charge in [0.1, 0.15) is 0 Å². The van der Waals surface area contributed by atoms with Gasteiger partial charge in [0.05, 0.1) is 5.41 Å². The number of carbonyl (C=O) groups is 2. The summed E-state index contributed by atoms with van der Waals surface area (Å²) in [5.74, 6) is -2.32. The molecule has 0 aromatic rings. The zero-order valence-electron chi connectivity index (χ0n) is 12.5. The van der Waals surface area contributed by atoms with Gasteiger partial charge in [-0.3, -0.25) is 4.79 Å². The predicted molar refractivity (Wildman–Crippen MR) is 79.8 cm³/mol. The number of carboxylic acid groups (broad SMARTS) is 2. The van der Waals surface area contributed by atoms with Gasteiger partial charge >= 0.3 is 11.9 Å². The van der Waals surface area contributed by atoms with E-state index in [2.05, 4.69) is 6.08 Å². The van der Waals surface area contributed by atoms with Gasteiger partial charge in [0.25, 0.3) is 0 Å². The highest BCUT2D eigenvalue weighted by Crippen LogP contribution is 2.47. The molecule has 0 heterocycles. The van der Waals surface area contributed by atoms with Crippen molar-refractivity contribution in [1.82, 2.24) is 0 Å². The van der Waals surface area contributed by atoms with E-state index in [0.29, 0.717) is 0 Å². The van der Waals surface area contributed by atoms with E-state index in [1.54, 1.807) is 25.2 Å². The normalized spacial score (nSPS) is 32.5. The van der Waals surface area contributed by atoms with Crippen LogP contribution in [0, 0.1) is 17.3 Å². The average molecular weight is 290 g/mol. The van der Waals surface area contributed by atoms with Crippen LogP contribution in [0.4, 0.5) is 0 Å². The zero-order valence-corrected chi connectivity index (χ0v) is 12.5. The fourth-order valence-corrected chi connectivity index (χ4v) is 3.67. The van der Waals surface area contributed by atoms with Crippen molar-refractivity contribution in [2.45, 2.75) is 39.5 Å². The van der Waals surface area contributed by atoms with Gasteiger partial charge in [-0.1, -0.05) is 29.9 Å². The Labute approximate surface area is 124 Å². The Morgan fingerprint density at radius 1 is 1.29 bits per heavy atom. The number of carboxylic acids is 2. The van der Waals surface area contributed by atoms with Gasteiger partial charge in [0.2, 0.25) is 0 Å². The predicted octanol–water partition coefficient (Wildman–Crippen LogP) is 3.41. The highest BCUT2D eigenvalue weighted by molar-refractivity contribution is 5.91. The number of rotatable bonds is 3. The van der Waals surface area contributed by atoms with Gasteiger partial charge < -0.3 is 10.2 Å². The Bertz CT molecular complexity index is 531. The van der Waals surface area contributed by atoms with Crippen LogP contribution in [-0.4, -0.2) is 22.2 Å². The molecule has 2 rings (SSSR count). The minimum absolute atomic E-state index is 0.0992. The van der Waals surface area contributed by atoms with E-state index in [0.717, 1.165) is 25.7 Å². The number of aliphatic carboxylic acids is 2. The van der Waals surface area contributed by atoms with Crippen molar-refractivity contribution in [2.75, 3.05) is 0 Å². The maximum absolute atomic E-state index is 11.7. The second-order valence-corrected chi connectivity index (χ2v) is 6.14. The summed E-state index contributed by atoms with van der Waals surface area (Å²) in [7, 11) is 0. The molecule has 21 heavy (non-hydrogen) atoms. The molecule has 114 valence electrons. The Morgan fingerprint density at radius 3 is 2.38 bits per heavy atom. The summed E-state index contributed by atoms with van der Waals surface area (Å²) < 4.78 is 0. The molecule has 0 bridgehead atoms. The summed E-state index contributed by atoms with van der Waals surface area (Å²) in [6, 6.07) is 0. The van der Waals surface area contributed by atoms with Crippen molar-refractivity contribution in [3.63, 3.8) is 0 Å². The number of allylic oxidation sites excluding steroid dienone is 4. The average Bonchev–Trinajstić information content (AvgIpc) is 2.47. The van der Waals surface area contributed by atoms with E-state index in [1.807, 2.05) is 6.92 Å². The summed E-state index contributed by atoms with van der Waals surface area (Å²) >= 11 is 0. The standard InChI is InChI=1S/C17H22O4/c1-3-11-6-8-12(9-7-11)14-13(15(18)19)5-4-10-17(14,2)16(20)21/h3-5,10,12,14H,6-9H2,1-2H3,(H,18,19)(H,20,21). The lowest BCUT2D eigenvalue weighted by molar-refractivity contribution is -0.149. The molecule has 4 nitrogen and oxygen atoms in total. The van der Waals surface area contributed by atoms with Crippen LogP contribution in [0.3, 0.4) is 0 Å². The van der Waals surface area contributed by atoms with E-state index in [-0.39, 0.29) is 11.5 Å². The van der Waals surface area contributed by atoms with E-state index in [4.69, 9.17) is 0 Å². The van der Waals surface area contributed by atoms with Crippen LogP contribution in [-0.2, 0) is 9.59 Å². The van der Waals surface area contributed by atoms with Gasteiger partial charge in [0.15, 0.2) is 0 Å². The van der Waals surface area contributed by atoms with Gasteiger partial charge in [0, 0.05) is 11.5 Å². The lowest BCUT2D eigenvalue weighted by Crippen LogP contribution is -2.43. The second kappa shape index (κ2) is 5.88. The van der Waals surface area contributed by atoms with Crippen LogP contribution in [0.25, 0.3) is 0 Å². The third-order valence-electron chi connectivity index (χ3n) is 4.96. The second-order valence-electron chi connectivity index (χ2n) is 6.14. The minimum atomic E-state index is -1.14. The highest BCUT2D eigenvalue weighted by atomic mass is 16.4. The third-order valence-corrected chi connectivity index (χ3v) is 4.96. The zero-order chi connectivity index (χ0) is 15.6. The maximum atomic E-state index is 11.7. The molecule has 0 amide bonds. The fourth-order valence-electron chi connectivity index (χ4n) is 3.67. The van der Waals surface area contributed by atoms with E-state index in [1.165, 1.54) is 5.57 Å². The molecule has 0 aliphatic heterocycles. The fraction of sp³-hybridized carbons (Fsp3) is 0.529. The van der Waals surface area contributed by atoms with Crippen molar-refractivity contribution in [3.05, 3.63) is 35.5 Å². The summed E-state index contributed by atoms with van der Waals surface area (Å²) in [6.07, 6.45) is 10.4. The minimum Gasteiger partial charge on any atom is -0.481 e. The van der Waals surface area contributed by atoms with Crippen LogP contribution in [0.5, 0.6) is 0 Å². The summed E-state index contributed by atoms with van der Waals surface area (Å²) in [5, 5.41) is 19.1. The quantitative estimate of drug-likeness (QED) is 0.781. The molecule has 2 aliphatic rings. The summed E-state index contributed by atoms with van der Waals surface area (Å²) in [4.78, 5) is 23.3. The first-order valence-corrected chi connectivity index (χ1v) is 7.40. The van der Waals surface area contributed by atoms with Crippen LogP contribution < -0.4 is 0 Å². The Balaban J connectivity index is 2.35. The highest BCUT2D eigenvalue weighted by Gasteiger charge is 2.48. The lowest BCUT2D eigenvalue weighted by Gasteiger charge is -2.41. The molecule has 0 aromatic heterocycles. The van der Waals surface area contributed by atoms with Gasteiger partial charge in [-0.15, -0.1) is 0 Å². The van der Waals surface area contributed by atoms with Crippen LogP contribution in [0.1, 0.15) is 39.5 Å². The van der Waals surface area contributed by atoms with E-state index in [9.17, 15) is 19.8 Å². The van der Waals surface area contributed by atoms with Crippen LogP contribution in [0.2, 0.25) is 0 Å². The van der Waals surface area contributed by atoms with Gasteiger partial charge in [-0.25, -0.2) is 4.79 Å². The first kappa shape index (κ1) is 15.5. The Kier molecular flexibility index (Phi) is 4.35. The summed E-state index contributed by atoms with van der Waals surface area (Å²) in [5.41, 5.74) is 0.479. The molecule has 1 saturated carbocycles. The first-order valence-electron chi connectivity index (χ1n) is 7.40. The molecule has 2 aliphatic carbocycles. The molecule has 0 saturated heterocycles. The third kappa shape index (κ3) is 2.80. The SMILES string of the molecule is CC=C1CCC(C2C(C(=O)O)=CC=CC2(C)C(=O)O)CC1. The van der Waals surface area contributed by atoms with Crippen molar-refractivity contribution in [3.8, 4) is 0 Å². The Hall–Kier alpha value is -1.84. The van der Waals surface area contributed by atoms with Crippen LogP contribution in [0.15, 0.2) is 35.5 Å². The molecular weight excluding hydrogens is 268 g/mol. The van der Waals surface area contributed by atoms with Crippen molar-refractivity contribution in [2.24, 2.45) is 17.3 Å². The molecular formula is C17H22O4. The summed E-state index contributed by atoms with van der Waals surface area (Å²) in [6.45, 7) is 3.65. The number of hydrogen-bond donors (Lipinski definition) is 2. The van der Waals surface area contributed by atoms with Gasteiger partial charge in [-0.2, -0.15) is 0 Å². The molecule has 0 radical (unpaired) electrons. The van der Waals surface area contributed by atoms with Crippen LogP contribution >= 0.6 is 0 Å². The number of hydrogen-bond acceptors (Lipinski definition) is 2. The van der Waals surface area contributed by atoms with Crippen molar-refractivity contribution >= 4 is 11.9 Å². The lowest BCUT2D eigenvalue weighted by atomic mass is 9.61. The first-order chi connectivity index (χ1) is 9.90.